The van der Waals surface area contributed by atoms with E-state index in [-0.39, 0.29) is 12.5 Å². The van der Waals surface area contributed by atoms with Crippen molar-refractivity contribution in [2.75, 3.05) is 45.4 Å². The summed E-state index contributed by atoms with van der Waals surface area (Å²) in [5.74, 6) is -0.225. The van der Waals surface area contributed by atoms with E-state index in [1.54, 1.807) is 37.3 Å². The Labute approximate surface area is 220 Å². The first kappa shape index (κ1) is 29.9. The molecule has 12 heteroatoms. The van der Waals surface area contributed by atoms with Crippen LogP contribution >= 0.6 is 0 Å². The fourth-order valence-corrected chi connectivity index (χ4v) is 3.46. The standard InChI is InChI=1S/C22H28N2O6.C4H4O4/c1-15(25)24-8-9-29-20-7-5-18(11-19(20)24)30-14-17(26)13-23-12-16-4-6-21(27-2)22(10-16)28-3;5-3(6)1-2-4(7)8/h4-7,10-11,17,23,26H,8-9,12-14H2,1-3H3;1-2H,(H,5,6)(H,7,8)/b;2-1-. The lowest BCUT2D eigenvalue weighted by Crippen LogP contribution is -2.85. The number of aliphatic hydroxyl groups excluding tert-OH is 1. The molecule has 0 aromatic heterocycles. The van der Waals surface area contributed by atoms with Crippen LogP contribution in [0, 0.1) is 0 Å². The number of methoxy groups -OCH3 is 2. The third-order valence-corrected chi connectivity index (χ3v) is 5.24. The molecule has 2 aromatic rings. The van der Waals surface area contributed by atoms with Crippen LogP contribution in [0.4, 0.5) is 5.69 Å². The fraction of sp³-hybridized carbons (Fsp3) is 0.346. The quantitative estimate of drug-likeness (QED) is 0.315. The molecule has 0 radical (unpaired) electrons. The molecule has 38 heavy (non-hydrogen) atoms. The second-order valence-electron chi connectivity index (χ2n) is 8.02. The zero-order valence-corrected chi connectivity index (χ0v) is 21.4. The maximum atomic E-state index is 11.8. The number of nitrogens with zero attached hydrogens (tertiary/aromatic N) is 1. The first-order valence-corrected chi connectivity index (χ1v) is 11.6. The predicted molar refractivity (Wildman–Crippen MR) is 133 cm³/mol. The molecule has 0 saturated carbocycles. The van der Waals surface area contributed by atoms with Crippen molar-refractivity contribution >= 4 is 23.5 Å². The van der Waals surface area contributed by atoms with Crippen molar-refractivity contribution in [1.29, 1.82) is 0 Å². The maximum Gasteiger partial charge on any atom is 0.328 e. The molecule has 0 saturated heterocycles. The molecule has 0 aliphatic carbocycles. The lowest BCUT2D eigenvalue weighted by Gasteiger charge is -2.29. The molecule has 1 amide bonds. The summed E-state index contributed by atoms with van der Waals surface area (Å²) >= 11 is 0. The van der Waals surface area contributed by atoms with E-state index in [4.69, 9.17) is 24.1 Å². The van der Waals surface area contributed by atoms with Crippen molar-refractivity contribution in [3.63, 3.8) is 0 Å². The van der Waals surface area contributed by atoms with Crippen molar-refractivity contribution < 1.29 is 54.0 Å². The summed E-state index contributed by atoms with van der Waals surface area (Å²) in [6, 6.07) is 11.1. The van der Waals surface area contributed by atoms with E-state index in [0.29, 0.717) is 67.1 Å². The highest BCUT2D eigenvalue weighted by atomic mass is 16.5. The van der Waals surface area contributed by atoms with Crippen molar-refractivity contribution in [3.05, 3.63) is 54.1 Å². The van der Waals surface area contributed by atoms with E-state index in [2.05, 4.69) is 0 Å². The van der Waals surface area contributed by atoms with Crippen LogP contribution in [0.1, 0.15) is 12.5 Å². The lowest BCUT2D eigenvalue weighted by molar-refractivity contribution is -0.676. The number of carbonyl (C=O) groups excluding carboxylic acids is 2. The first-order chi connectivity index (χ1) is 18.1. The van der Waals surface area contributed by atoms with Gasteiger partial charge in [0.2, 0.25) is 5.91 Å². The molecule has 1 aliphatic rings. The SMILES string of the molecule is COc1ccc(C[NH2+]CC(O)COc2ccc3c(c2)N(C(C)=O)CCO3)cc1OC.O=C([O-])/C=C\C(=O)O. The molecular weight excluding hydrogens is 500 g/mol. The van der Waals surface area contributed by atoms with Crippen LogP contribution in [-0.4, -0.2) is 74.7 Å². The maximum absolute atomic E-state index is 11.8. The van der Waals surface area contributed by atoms with Crippen LogP contribution < -0.4 is 34.3 Å². The number of hydrogen-bond acceptors (Lipinski definition) is 9. The number of carbonyl (C=O) groups is 3. The molecule has 0 spiro atoms. The number of benzene rings is 2. The molecule has 2 aromatic carbocycles. The number of aliphatic carboxylic acids is 2. The predicted octanol–water partition coefficient (Wildman–Crippen LogP) is -0.670. The summed E-state index contributed by atoms with van der Waals surface area (Å²) in [4.78, 5) is 32.5. The lowest BCUT2D eigenvalue weighted by atomic mass is 10.2. The van der Waals surface area contributed by atoms with Crippen LogP contribution in [0.5, 0.6) is 23.0 Å². The average Bonchev–Trinajstić information content (AvgIpc) is 2.90. The summed E-state index contributed by atoms with van der Waals surface area (Å²) in [6.07, 6.45) is 0.304. The molecule has 3 rings (SSSR count). The Bertz CT molecular complexity index is 1120. The van der Waals surface area contributed by atoms with Crippen molar-refractivity contribution in [2.24, 2.45) is 0 Å². The average molecular weight is 533 g/mol. The Kier molecular flexibility index (Phi) is 11.9. The van der Waals surface area contributed by atoms with E-state index in [1.807, 2.05) is 23.5 Å². The normalized spacial score (nSPS) is 12.9. The highest BCUT2D eigenvalue weighted by molar-refractivity contribution is 5.94. The summed E-state index contributed by atoms with van der Waals surface area (Å²) in [7, 11) is 3.21. The van der Waals surface area contributed by atoms with E-state index in [0.717, 1.165) is 5.56 Å². The number of quaternary nitrogens is 1. The number of aliphatic hydroxyl groups is 1. The Balaban J connectivity index is 0.000000550. The van der Waals surface area contributed by atoms with Gasteiger partial charge in [0.25, 0.3) is 0 Å². The Morgan fingerprint density at radius 3 is 2.47 bits per heavy atom. The van der Waals surface area contributed by atoms with Crippen LogP contribution in [-0.2, 0) is 20.9 Å². The highest BCUT2D eigenvalue weighted by Gasteiger charge is 2.22. The summed E-state index contributed by atoms with van der Waals surface area (Å²) in [5, 5.41) is 29.5. The molecule has 1 heterocycles. The summed E-state index contributed by atoms with van der Waals surface area (Å²) in [5.41, 5.74) is 1.76. The monoisotopic (exact) mass is 532 g/mol. The zero-order valence-electron chi connectivity index (χ0n) is 21.4. The number of carboxylic acids is 2. The molecule has 206 valence electrons. The largest absolute Gasteiger partial charge is 0.545 e. The fourth-order valence-electron chi connectivity index (χ4n) is 3.46. The van der Waals surface area contributed by atoms with Gasteiger partial charge in [-0.25, -0.2) is 4.79 Å². The number of amides is 1. The van der Waals surface area contributed by atoms with Crippen LogP contribution in [0.15, 0.2) is 48.6 Å². The summed E-state index contributed by atoms with van der Waals surface area (Å²) < 4.78 is 21.9. The van der Waals surface area contributed by atoms with Crippen molar-refractivity contribution in [3.8, 4) is 23.0 Å². The molecule has 0 fully saturated rings. The van der Waals surface area contributed by atoms with E-state index in [1.165, 1.54) is 6.92 Å². The minimum atomic E-state index is -1.51. The first-order valence-electron chi connectivity index (χ1n) is 11.6. The minimum absolute atomic E-state index is 0.0403. The molecule has 12 nitrogen and oxygen atoms in total. The molecule has 4 N–H and O–H groups in total. The van der Waals surface area contributed by atoms with Crippen LogP contribution in [0.25, 0.3) is 0 Å². The van der Waals surface area contributed by atoms with Gasteiger partial charge in [-0.1, -0.05) is 0 Å². The van der Waals surface area contributed by atoms with Gasteiger partial charge in [0.15, 0.2) is 11.5 Å². The van der Waals surface area contributed by atoms with E-state index >= 15 is 0 Å². The van der Waals surface area contributed by atoms with Gasteiger partial charge in [-0.3, -0.25) is 4.79 Å². The van der Waals surface area contributed by atoms with Crippen molar-refractivity contribution in [1.82, 2.24) is 0 Å². The van der Waals surface area contributed by atoms with E-state index in [9.17, 15) is 24.6 Å². The molecular formula is C26H32N2O10. The third kappa shape index (κ3) is 9.64. The molecule has 1 unspecified atom stereocenters. The van der Waals surface area contributed by atoms with Crippen LogP contribution in [0.2, 0.25) is 0 Å². The zero-order chi connectivity index (χ0) is 28.1. The van der Waals surface area contributed by atoms with Crippen molar-refractivity contribution in [2.45, 2.75) is 19.6 Å². The van der Waals surface area contributed by atoms with Gasteiger partial charge in [-0.05, 0) is 36.4 Å². The van der Waals surface area contributed by atoms with Gasteiger partial charge in [-0.15, -0.1) is 0 Å². The second-order valence-corrected chi connectivity index (χ2v) is 8.02. The smallest absolute Gasteiger partial charge is 0.328 e. The number of nitrogens with two attached hydrogens (primary N) is 1. The number of rotatable bonds is 11. The number of carboxylic acid groups (broad SMARTS) is 2. The third-order valence-electron chi connectivity index (χ3n) is 5.24. The van der Waals surface area contributed by atoms with Gasteiger partial charge >= 0.3 is 5.97 Å². The van der Waals surface area contributed by atoms with Gasteiger partial charge in [-0.2, -0.15) is 0 Å². The molecule has 0 bridgehead atoms. The highest BCUT2D eigenvalue weighted by Crippen LogP contribution is 2.35. The number of fused-ring (bicyclic) bond motifs is 1. The van der Waals surface area contributed by atoms with Gasteiger partial charge in [0.1, 0.15) is 43.9 Å². The second kappa shape index (κ2) is 15.1. The minimum Gasteiger partial charge on any atom is -0.545 e. The summed E-state index contributed by atoms with van der Waals surface area (Å²) in [6.45, 7) is 3.85. The molecule has 1 atom stereocenters. The number of anilines is 1. The Hall–Kier alpha value is -4.29. The van der Waals surface area contributed by atoms with Gasteiger partial charge in [0.05, 0.1) is 32.4 Å². The Morgan fingerprint density at radius 2 is 1.87 bits per heavy atom. The van der Waals surface area contributed by atoms with E-state index < -0.39 is 18.0 Å². The molecule has 1 aliphatic heterocycles. The van der Waals surface area contributed by atoms with Crippen LogP contribution in [0.3, 0.4) is 0 Å². The number of hydrogen-bond donors (Lipinski definition) is 3. The Morgan fingerprint density at radius 1 is 1.13 bits per heavy atom. The van der Waals surface area contributed by atoms with Gasteiger partial charge in [0, 0.05) is 24.6 Å². The number of ether oxygens (including phenoxy) is 4. The topological polar surface area (TPSA) is 172 Å². The van der Waals surface area contributed by atoms with Gasteiger partial charge < -0.3 is 49.3 Å².